The third-order valence-electron chi connectivity index (χ3n) is 3.13. The number of nitrogens with one attached hydrogen (secondary N) is 1. The Kier molecular flexibility index (Phi) is 4.51. The van der Waals surface area contributed by atoms with Gasteiger partial charge in [0.15, 0.2) is 0 Å². The van der Waals surface area contributed by atoms with E-state index in [1.807, 2.05) is 12.3 Å². The molecule has 2 heterocycles. The number of anilines is 1. The lowest BCUT2D eigenvalue weighted by Crippen LogP contribution is -2.42. The fourth-order valence-corrected chi connectivity index (χ4v) is 3.56. The van der Waals surface area contributed by atoms with Gasteiger partial charge in [0.25, 0.3) is 0 Å². The topological polar surface area (TPSA) is 28.2 Å². The van der Waals surface area contributed by atoms with Crippen LogP contribution in [-0.2, 0) is 6.54 Å². The van der Waals surface area contributed by atoms with E-state index in [1.165, 1.54) is 17.9 Å². The van der Waals surface area contributed by atoms with Crippen LogP contribution in [-0.4, -0.2) is 40.0 Å². The van der Waals surface area contributed by atoms with Gasteiger partial charge >= 0.3 is 0 Å². The van der Waals surface area contributed by atoms with Crippen molar-refractivity contribution in [3.8, 4) is 0 Å². The molecule has 4 heteroatoms. The zero-order valence-corrected chi connectivity index (χ0v) is 12.4. The highest BCUT2D eigenvalue weighted by Crippen LogP contribution is 2.30. The lowest BCUT2D eigenvalue weighted by molar-refractivity contribution is 0.252. The van der Waals surface area contributed by atoms with Gasteiger partial charge in [0.2, 0.25) is 0 Å². The maximum absolute atomic E-state index is 4.43. The summed E-state index contributed by atoms with van der Waals surface area (Å²) in [6.07, 6.45) is 1.86. The summed E-state index contributed by atoms with van der Waals surface area (Å²) in [6, 6.07) is 4.21. The van der Waals surface area contributed by atoms with Gasteiger partial charge in [0.05, 0.1) is 0 Å². The smallest absolute Gasteiger partial charge is 0.130 e. The van der Waals surface area contributed by atoms with E-state index < -0.39 is 0 Å². The highest BCUT2D eigenvalue weighted by molar-refractivity contribution is 8.00. The molecule has 3 nitrogen and oxygen atoms in total. The van der Waals surface area contributed by atoms with Crippen LogP contribution in [0.2, 0.25) is 0 Å². The quantitative estimate of drug-likeness (QED) is 0.906. The summed E-state index contributed by atoms with van der Waals surface area (Å²) in [7, 11) is 0. The number of pyridine rings is 1. The van der Waals surface area contributed by atoms with E-state index in [2.05, 4.69) is 53.8 Å². The van der Waals surface area contributed by atoms with Crippen LogP contribution in [0.3, 0.4) is 0 Å². The van der Waals surface area contributed by atoms with Gasteiger partial charge in [-0.15, -0.1) is 0 Å². The second kappa shape index (κ2) is 5.93. The Morgan fingerprint density at radius 3 is 3.06 bits per heavy atom. The molecule has 1 N–H and O–H groups in total. The highest BCUT2D eigenvalue weighted by Gasteiger charge is 2.27. The SMILES string of the molecule is CCNc1ncccc1CN1CCSC(C)(C)C1. The van der Waals surface area contributed by atoms with Crippen molar-refractivity contribution >= 4 is 17.6 Å². The van der Waals surface area contributed by atoms with Crippen molar-refractivity contribution in [2.75, 3.05) is 30.7 Å². The van der Waals surface area contributed by atoms with Gasteiger partial charge in [-0.25, -0.2) is 4.98 Å². The van der Waals surface area contributed by atoms with E-state index >= 15 is 0 Å². The van der Waals surface area contributed by atoms with Crippen LogP contribution < -0.4 is 5.32 Å². The Balaban J connectivity index is 2.04. The van der Waals surface area contributed by atoms with Crippen LogP contribution in [0.4, 0.5) is 5.82 Å². The second-order valence-corrected chi connectivity index (χ2v) is 7.16. The highest BCUT2D eigenvalue weighted by atomic mass is 32.2. The molecule has 1 fully saturated rings. The lowest BCUT2D eigenvalue weighted by atomic mass is 10.1. The molecule has 0 radical (unpaired) electrons. The first-order valence-corrected chi connectivity index (χ1v) is 7.63. The van der Waals surface area contributed by atoms with Gasteiger partial charge in [-0.1, -0.05) is 6.07 Å². The Hall–Kier alpha value is -0.740. The normalized spacial score (nSPS) is 19.7. The van der Waals surface area contributed by atoms with Crippen LogP contribution >= 0.6 is 11.8 Å². The number of thioether (sulfide) groups is 1. The van der Waals surface area contributed by atoms with Crippen LogP contribution in [0.5, 0.6) is 0 Å². The number of nitrogens with zero attached hydrogens (tertiary/aromatic N) is 2. The molecule has 0 aromatic carbocycles. The van der Waals surface area contributed by atoms with Gasteiger partial charge in [-0.05, 0) is 26.8 Å². The summed E-state index contributed by atoms with van der Waals surface area (Å²) >= 11 is 2.08. The van der Waals surface area contributed by atoms with Crippen molar-refractivity contribution in [1.82, 2.24) is 9.88 Å². The van der Waals surface area contributed by atoms with E-state index in [0.29, 0.717) is 4.75 Å². The number of hydrogen-bond acceptors (Lipinski definition) is 4. The fourth-order valence-electron chi connectivity index (χ4n) is 2.38. The Morgan fingerprint density at radius 2 is 2.33 bits per heavy atom. The minimum atomic E-state index is 0.374. The molecule has 1 aromatic heterocycles. The molecule has 0 spiro atoms. The first-order valence-electron chi connectivity index (χ1n) is 6.65. The maximum Gasteiger partial charge on any atom is 0.130 e. The zero-order chi connectivity index (χ0) is 13.0. The Bertz CT molecular complexity index is 392. The minimum Gasteiger partial charge on any atom is -0.370 e. The zero-order valence-electron chi connectivity index (χ0n) is 11.6. The molecule has 1 aliphatic heterocycles. The number of rotatable bonds is 4. The van der Waals surface area contributed by atoms with Crippen molar-refractivity contribution in [2.24, 2.45) is 0 Å². The van der Waals surface area contributed by atoms with E-state index in [4.69, 9.17) is 0 Å². The van der Waals surface area contributed by atoms with E-state index in [-0.39, 0.29) is 0 Å². The molecular weight excluding hydrogens is 242 g/mol. The van der Waals surface area contributed by atoms with E-state index in [9.17, 15) is 0 Å². The third-order valence-corrected chi connectivity index (χ3v) is 4.43. The third kappa shape index (κ3) is 3.62. The molecule has 0 aliphatic carbocycles. The average molecular weight is 265 g/mol. The van der Waals surface area contributed by atoms with Crippen molar-refractivity contribution < 1.29 is 0 Å². The molecule has 0 unspecified atom stereocenters. The van der Waals surface area contributed by atoms with Crippen molar-refractivity contribution in [3.63, 3.8) is 0 Å². The molecule has 0 bridgehead atoms. The second-order valence-electron chi connectivity index (χ2n) is 5.36. The maximum atomic E-state index is 4.43. The molecule has 1 aromatic rings. The van der Waals surface area contributed by atoms with Crippen LogP contribution in [0.15, 0.2) is 18.3 Å². The molecule has 0 atom stereocenters. The summed E-state index contributed by atoms with van der Waals surface area (Å²) in [6.45, 7) is 11.0. The van der Waals surface area contributed by atoms with Crippen LogP contribution in [0.25, 0.3) is 0 Å². The first-order chi connectivity index (χ1) is 8.61. The average Bonchev–Trinajstić information content (AvgIpc) is 2.31. The van der Waals surface area contributed by atoms with Gasteiger partial charge in [-0.3, -0.25) is 4.90 Å². The molecule has 2 rings (SSSR count). The van der Waals surface area contributed by atoms with Gasteiger partial charge in [0.1, 0.15) is 5.82 Å². The first kappa shape index (κ1) is 13.7. The van der Waals surface area contributed by atoms with Crippen molar-refractivity contribution in [3.05, 3.63) is 23.9 Å². The van der Waals surface area contributed by atoms with Crippen molar-refractivity contribution in [2.45, 2.75) is 32.1 Å². The Labute approximate surface area is 114 Å². The van der Waals surface area contributed by atoms with Gasteiger partial charge in [-0.2, -0.15) is 11.8 Å². The largest absolute Gasteiger partial charge is 0.370 e. The monoisotopic (exact) mass is 265 g/mol. The standard InChI is InChI=1S/C14H23N3S/c1-4-15-13-12(6-5-7-16-13)10-17-8-9-18-14(2,3)11-17/h5-7H,4,8-11H2,1-3H3,(H,15,16). The Morgan fingerprint density at radius 1 is 1.50 bits per heavy atom. The van der Waals surface area contributed by atoms with Gasteiger partial charge in [0, 0.05) is 48.4 Å². The minimum absolute atomic E-state index is 0.374. The summed E-state index contributed by atoms with van der Waals surface area (Å²) in [5.74, 6) is 2.26. The van der Waals surface area contributed by atoms with E-state index in [1.54, 1.807) is 0 Å². The predicted molar refractivity (Wildman–Crippen MR) is 80.2 cm³/mol. The predicted octanol–water partition coefficient (Wildman–Crippen LogP) is 2.84. The summed E-state index contributed by atoms with van der Waals surface area (Å²) in [5, 5.41) is 3.34. The molecule has 18 heavy (non-hydrogen) atoms. The molecule has 1 aliphatic rings. The van der Waals surface area contributed by atoms with Crippen LogP contribution in [0.1, 0.15) is 26.3 Å². The molecular formula is C14H23N3S. The van der Waals surface area contributed by atoms with Crippen LogP contribution in [0, 0.1) is 0 Å². The molecule has 0 amide bonds. The molecule has 1 saturated heterocycles. The fraction of sp³-hybridized carbons (Fsp3) is 0.643. The number of hydrogen-bond donors (Lipinski definition) is 1. The molecule has 0 saturated carbocycles. The molecule has 100 valence electrons. The lowest BCUT2D eigenvalue weighted by Gasteiger charge is -2.37. The number of aromatic nitrogens is 1. The van der Waals surface area contributed by atoms with E-state index in [0.717, 1.165) is 25.5 Å². The van der Waals surface area contributed by atoms with Crippen molar-refractivity contribution in [1.29, 1.82) is 0 Å². The summed E-state index contributed by atoms with van der Waals surface area (Å²) < 4.78 is 0.374. The summed E-state index contributed by atoms with van der Waals surface area (Å²) in [5.41, 5.74) is 1.31. The summed E-state index contributed by atoms with van der Waals surface area (Å²) in [4.78, 5) is 6.96. The van der Waals surface area contributed by atoms with Gasteiger partial charge < -0.3 is 5.32 Å².